The van der Waals surface area contributed by atoms with Crippen molar-refractivity contribution in [3.63, 3.8) is 0 Å². The Bertz CT molecular complexity index is 1060. The van der Waals surface area contributed by atoms with Gasteiger partial charge in [0.05, 0.1) is 24.5 Å². The van der Waals surface area contributed by atoms with Crippen LogP contribution in [-0.2, 0) is 10.0 Å². The molecule has 7 nitrogen and oxygen atoms in total. The third-order valence-electron chi connectivity index (χ3n) is 6.04. The van der Waals surface area contributed by atoms with Gasteiger partial charge in [-0.15, -0.1) is 0 Å². The molecule has 0 atom stereocenters. The molecule has 2 saturated heterocycles. The Kier molecular flexibility index (Phi) is 5.34. The summed E-state index contributed by atoms with van der Waals surface area (Å²) >= 11 is 0. The van der Waals surface area contributed by atoms with Crippen LogP contribution >= 0.6 is 0 Å². The molecule has 0 N–H and O–H groups in total. The Morgan fingerprint density at radius 1 is 1.00 bits per heavy atom. The zero-order valence-corrected chi connectivity index (χ0v) is 18.2. The molecule has 0 aliphatic carbocycles. The van der Waals surface area contributed by atoms with E-state index in [0.717, 1.165) is 16.8 Å². The number of amides is 1. The van der Waals surface area contributed by atoms with Gasteiger partial charge >= 0.3 is 0 Å². The first-order valence-electron chi connectivity index (χ1n) is 10.3. The van der Waals surface area contributed by atoms with Crippen molar-refractivity contribution < 1.29 is 13.2 Å². The number of anilines is 1. The molecule has 4 rings (SSSR count). The molecular formula is C22H27N3O4S. The summed E-state index contributed by atoms with van der Waals surface area (Å²) in [6, 6.07) is 12.6. The van der Waals surface area contributed by atoms with Gasteiger partial charge in [0, 0.05) is 17.7 Å². The minimum absolute atomic E-state index is 0.127. The second-order valence-electron chi connectivity index (χ2n) is 8.21. The zero-order chi connectivity index (χ0) is 21.5. The normalized spacial score (nSPS) is 20.4. The van der Waals surface area contributed by atoms with Crippen LogP contribution in [0.3, 0.4) is 0 Å². The second-order valence-corrected chi connectivity index (χ2v) is 10.2. The van der Waals surface area contributed by atoms with Crippen molar-refractivity contribution in [1.29, 1.82) is 0 Å². The molecule has 0 aromatic heterocycles. The van der Waals surface area contributed by atoms with Crippen LogP contribution in [0.5, 0.6) is 0 Å². The average molecular weight is 430 g/mol. The molecule has 8 heteroatoms. The van der Waals surface area contributed by atoms with E-state index in [2.05, 4.69) is 0 Å². The maximum Gasteiger partial charge on any atom is 0.254 e. The summed E-state index contributed by atoms with van der Waals surface area (Å²) in [4.78, 5) is 14.6. The number of benzene rings is 2. The Labute approximate surface area is 177 Å². The molecule has 0 saturated carbocycles. The van der Waals surface area contributed by atoms with E-state index in [1.165, 1.54) is 4.31 Å². The number of hydroxylamine groups is 2. The predicted molar refractivity (Wildman–Crippen MR) is 119 cm³/mol. The molecule has 0 radical (unpaired) electrons. The van der Waals surface area contributed by atoms with Gasteiger partial charge in [-0.25, -0.2) is 8.42 Å². The van der Waals surface area contributed by atoms with Gasteiger partial charge in [-0.05, 0) is 50.6 Å². The minimum atomic E-state index is -3.24. The fourth-order valence-corrected chi connectivity index (χ4v) is 5.94. The van der Waals surface area contributed by atoms with Crippen molar-refractivity contribution in [2.24, 2.45) is 0 Å². The van der Waals surface area contributed by atoms with E-state index in [0.29, 0.717) is 50.4 Å². The van der Waals surface area contributed by atoms with Gasteiger partial charge in [-0.1, -0.05) is 17.7 Å². The smallest absolute Gasteiger partial charge is 0.254 e. The van der Waals surface area contributed by atoms with Crippen molar-refractivity contribution in [1.82, 2.24) is 9.55 Å². The van der Waals surface area contributed by atoms with E-state index in [-0.39, 0.29) is 11.7 Å². The molecule has 2 aliphatic rings. The van der Waals surface area contributed by atoms with Crippen LogP contribution in [0.1, 0.15) is 27.9 Å². The van der Waals surface area contributed by atoms with E-state index < -0.39 is 14.7 Å². The van der Waals surface area contributed by atoms with Crippen LogP contribution in [0, 0.1) is 19.1 Å². The molecule has 0 bridgehead atoms. The summed E-state index contributed by atoms with van der Waals surface area (Å²) in [7, 11) is -3.24. The highest BCUT2D eigenvalue weighted by Gasteiger charge is 2.32. The summed E-state index contributed by atoms with van der Waals surface area (Å²) in [6.07, 6.45) is 0.618. The lowest BCUT2D eigenvalue weighted by atomic mass is 10.1. The highest BCUT2D eigenvalue weighted by atomic mass is 32.2. The number of quaternary nitrogens is 1. The standard InChI is InChI=1S/C22H27N3O4S/c1-17-4-9-21(18(2)16-17)25(27)13-11-23(12-14-25)22(26)19-5-7-20(8-6-19)24-10-3-15-30(24,28)29/h4-9,16H,3,10-15H2,1-2H3. The van der Waals surface area contributed by atoms with Crippen LogP contribution in [-0.4, -0.2) is 57.7 Å². The summed E-state index contributed by atoms with van der Waals surface area (Å²) in [5.41, 5.74) is 3.98. The van der Waals surface area contributed by atoms with Crippen LogP contribution in [0.25, 0.3) is 0 Å². The lowest BCUT2D eigenvalue weighted by Gasteiger charge is -2.48. The van der Waals surface area contributed by atoms with Gasteiger partial charge in [-0.2, -0.15) is 0 Å². The first kappa shape index (κ1) is 20.8. The Hall–Kier alpha value is -2.42. The SMILES string of the molecule is Cc1ccc([N+]2([O-])CCN(C(=O)c3ccc(N4CCCS4(=O)=O)cc3)CC2)c(C)c1. The number of carbonyl (C=O) groups is 1. The number of aryl methyl sites for hydroxylation is 2. The molecular weight excluding hydrogens is 402 g/mol. The number of carbonyl (C=O) groups excluding carboxylic acids is 1. The predicted octanol–water partition coefficient (Wildman–Crippen LogP) is 2.80. The quantitative estimate of drug-likeness (QED) is 0.555. The second kappa shape index (κ2) is 7.68. The van der Waals surface area contributed by atoms with Gasteiger partial charge in [0.2, 0.25) is 10.0 Å². The molecule has 1 amide bonds. The van der Waals surface area contributed by atoms with Crippen molar-refractivity contribution in [3.05, 3.63) is 64.4 Å². The third-order valence-corrected chi connectivity index (χ3v) is 7.91. The van der Waals surface area contributed by atoms with Gasteiger partial charge in [0.25, 0.3) is 5.91 Å². The van der Waals surface area contributed by atoms with Crippen molar-refractivity contribution in [2.45, 2.75) is 20.3 Å². The van der Waals surface area contributed by atoms with Crippen LogP contribution in [0.4, 0.5) is 11.4 Å². The van der Waals surface area contributed by atoms with E-state index >= 15 is 0 Å². The number of rotatable bonds is 3. The molecule has 30 heavy (non-hydrogen) atoms. The molecule has 2 aromatic rings. The zero-order valence-electron chi connectivity index (χ0n) is 17.4. The number of sulfonamides is 1. The fraction of sp³-hybridized carbons (Fsp3) is 0.409. The Morgan fingerprint density at radius 3 is 2.23 bits per heavy atom. The van der Waals surface area contributed by atoms with E-state index in [9.17, 15) is 18.4 Å². The number of piperazine rings is 1. The Balaban J connectivity index is 1.44. The first-order valence-corrected chi connectivity index (χ1v) is 11.9. The van der Waals surface area contributed by atoms with Gasteiger partial charge < -0.3 is 14.8 Å². The van der Waals surface area contributed by atoms with E-state index in [1.807, 2.05) is 32.0 Å². The Morgan fingerprint density at radius 2 is 1.67 bits per heavy atom. The highest BCUT2D eigenvalue weighted by Crippen LogP contribution is 2.29. The topological polar surface area (TPSA) is 80.8 Å². The molecule has 2 heterocycles. The van der Waals surface area contributed by atoms with Crippen molar-refractivity contribution >= 4 is 27.3 Å². The van der Waals surface area contributed by atoms with Crippen LogP contribution in [0.15, 0.2) is 42.5 Å². The van der Waals surface area contributed by atoms with Gasteiger partial charge in [0.15, 0.2) is 0 Å². The van der Waals surface area contributed by atoms with Gasteiger partial charge in [0.1, 0.15) is 18.8 Å². The maximum absolute atomic E-state index is 13.4. The lowest BCUT2D eigenvalue weighted by molar-refractivity contribution is 0.0682. The highest BCUT2D eigenvalue weighted by molar-refractivity contribution is 7.93. The summed E-state index contributed by atoms with van der Waals surface area (Å²) in [6.45, 7) is 5.85. The minimum Gasteiger partial charge on any atom is -0.627 e. The summed E-state index contributed by atoms with van der Waals surface area (Å²) in [5.74, 6) is 0.0367. The van der Waals surface area contributed by atoms with Crippen molar-refractivity contribution in [3.8, 4) is 0 Å². The fourth-order valence-electron chi connectivity index (χ4n) is 4.38. The monoisotopic (exact) mass is 429 g/mol. The number of hydrogen-bond donors (Lipinski definition) is 0. The number of hydrogen-bond acceptors (Lipinski definition) is 4. The molecule has 0 spiro atoms. The molecule has 2 aliphatic heterocycles. The summed E-state index contributed by atoms with van der Waals surface area (Å²) in [5, 5.41) is 13.4. The summed E-state index contributed by atoms with van der Waals surface area (Å²) < 4.78 is 25.1. The lowest BCUT2D eigenvalue weighted by Crippen LogP contribution is -2.58. The van der Waals surface area contributed by atoms with Crippen LogP contribution < -0.4 is 8.95 Å². The van der Waals surface area contributed by atoms with Crippen molar-refractivity contribution in [2.75, 3.05) is 42.8 Å². The van der Waals surface area contributed by atoms with E-state index in [1.54, 1.807) is 29.2 Å². The average Bonchev–Trinajstić information content (AvgIpc) is 3.07. The maximum atomic E-state index is 13.4. The molecule has 2 fully saturated rings. The molecule has 0 unspecified atom stereocenters. The molecule has 2 aromatic carbocycles. The third kappa shape index (κ3) is 3.82. The van der Waals surface area contributed by atoms with E-state index in [4.69, 9.17) is 0 Å². The largest absolute Gasteiger partial charge is 0.627 e. The van der Waals surface area contributed by atoms with Gasteiger partial charge in [-0.3, -0.25) is 9.10 Å². The number of nitrogens with zero attached hydrogens (tertiary/aromatic N) is 3. The van der Waals surface area contributed by atoms with Crippen LogP contribution in [0.2, 0.25) is 0 Å². The molecule has 160 valence electrons. The first-order chi connectivity index (χ1) is 14.2.